The summed E-state index contributed by atoms with van der Waals surface area (Å²) in [6.45, 7) is 10.1. The highest BCUT2D eigenvalue weighted by atomic mass is 16.2. The lowest BCUT2D eigenvalue weighted by Gasteiger charge is -2.22. The van der Waals surface area contributed by atoms with E-state index in [1.807, 2.05) is 45.0 Å². The number of aryl methyl sites for hydroxylation is 1. The number of nitrogens with one attached hydrogen (secondary N) is 1. The molecule has 1 aliphatic carbocycles. The summed E-state index contributed by atoms with van der Waals surface area (Å²) in [5, 5.41) is 4.30. The Morgan fingerprint density at radius 2 is 1.95 bits per heavy atom. The molecule has 0 aliphatic heterocycles. The van der Waals surface area contributed by atoms with Crippen LogP contribution in [0.4, 0.5) is 0 Å². The highest BCUT2D eigenvalue weighted by Crippen LogP contribution is 2.26. The molecule has 0 heterocycles. The summed E-state index contributed by atoms with van der Waals surface area (Å²) < 4.78 is 0. The zero-order valence-electron chi connectivity index (χ0n) is 12.9. The van der Waals surface area contributed by atoms with E-state index >= 15 is 0 Å². The van der Waals surface area contributed by atoms with Gasteiger partial charge in [-0.15, -0.1) is 0 Å². The normalized spacial score (nSPS) is 20.0. The molecule has 1 atom stereocenters. The zero-order chi connectivity index (χ0) is 15.4. The van der Waals surface area contributed by atoms with Gasteiger partial charge in [0, 0.05) is 5.56 Å². The number of benzene rings is 1. The minimum absolute atomic E-state index is 0.173. The SMILES string of the molecule is C=C(C)C1CC=C(C)/C(=N/NC(=O)c2ccc(C)cc2)C1. The fraction of sp³-hybridized carbons (Fsp3) is 0.333. The second-order valence-electron chi connectivity index (χ2n) is 5.74. The average molecular weight is 282 g/mol. The van der Waals surface area contributed by atoms with E-state index in [2.05, 4.69) is 23.2 Å². The maximum Gasteiger partial charge on any atom is 0.271 e. The number of rotatable bonds is 3. The Bertz CT molecular complexity index is 609. The molecule has 0 saturated carbocycles. The number of nitrogens with zero attached hydrogens (tertiary/aromatic N) is 1. The van der Waals surface area contributed by atoms with Gasteiger partial charge in [0.1, 0.15) is 0 Å². The third-order valence-corrected chi connectivity index (χ3v) is 3.91. The van der Waals surface area contributed by atoms with Crippen molar-refractivity contribution in [2.24, 2.45) is 11.0 Å². The Labute approximate surface area is 126 Å². The van der Waals surface area contributed by atoms with Crippen LogP contribution in [0.3, 0.4) is 0 Å². The second-order valence-corrected chi connectivity index (χ2v) is 5.74. The van der Waals surface area contributed by atoms with Crippen LogP contribution in [0.5, 0.6) is 0 Å². The number of carbonyl (C=O) groups excluding carboxylic acids is 1. The largest absolute Gasteiger partial charge is 0.271 e. The van der Waals surface area contributed by atoms with Gasteiger partial charge < -0.3 is 0 Å². The topological polar surface area (TPSA) is 41.5 Å². The Hall–Kier alpha value is -2.16. The first-order valence-electron chi connectivity index (χ1n) is 7.23. The highest BCUT2D eigenvalue weighted by Gasteiger charge is 2.18. The third-order valence-electron chi connectivity index (χ3n) is 3.91. The summed E-state index contributed by atoms with van der Waals surface area (Å²) >= 11 is 0. The Morgan fingerprint density at radius 3 is 2.57 bits per heavy atom. The quantitative estimate of drug-likeness (QED) is 0.660. The third kappa shape index (κ3) is 3.91. The molecule has 0 saturated heterocycles. The molecule has 0 fully saturated rings. The molecule has 3 heteroatoms. The van der Waals surface area contributed by atoms with Crippen LogP contribution in [0, 0.1) is 12.8 Å². The van der Waals surface area contributed by atoms with E-state index in [0.717, 1.165) is 35.3 Å². The fourth-order valence-corrected chi connectivity index (χ4v) is 2.31. The van der Waals surface area contributed by atoms with E-state index in [-0.39, 0.29) is 5.91 Å². The Morgan fingerprint density at radius 1 is 1.29 bits per heavy atom. The summed E-state index contributed by atoms with van der Waals surface area (Å²) in [5.41, 5.74) is 7.65. The molecule has 3 nitrogen and oxygen atoms in total. The van der Waals surface area contributed by atoms with Crippen LogP contribution in [0.25, 0.3) is 0 Å². The van der Waals surface area contributed by atoms with Crippen LogP contribution < -0.4 is 5.43 Å². The van der Waals surface area contributed by atoms with Crippen molar-refractivity contribution < 1.29 is 4.79 Å². The van der Waals surface area contributed by atoms with Gasteiger partial charge in [-0.3, -0.25) is 4.79 Å². The van der Waals surface area contributed by atoms with Gasteiger partial charge >= 0.3 is 0 Å². The van der Waals surface area contributed by atoms with Crippen molar-refractivity contribution in [3.63, 3.8) is 0 Å². The van der Waals surface area contributed by atoms with Crippen molar-refractivity contribution in [3.05, 3.63) is 59.2 Å². The number of allylic oxidation sites excluding steroid dienone is 3. The van der Waals surface area contributed by atoms with Gasteiger partial charge in [0.2, 0.25) is 0 Å². The molecule has 1 aliphatic rings. The first-order valence-corrected chi connectivity index (χ1v) is 7.23. The van der Waals surface area contributed by atoms with Crippen LogP contribution in [-0.4, -0.2) is 11.6 Å². The maximum absolute atomic E-state index is 12.1. The molecule has 2 rings (SSSR count). The van der Waals surface area contributed by atoms with E-state index in [1.165, 1.54) is 0 Å². The molecule has 1 N–H and O–H groups in total. The van der Waals surface area contributed by atoms with Crippen LogP contribution in [-0.2, 0) is 0 Å². The Balaban J connectivity index is 2.07. The predicted octanol–water partition coefficient (Wildman–Crippen LogP) is 4.01. The number of carbonyl (C=O) groups is 1. The lowest BCUT2D eigenvalue weighted by molar-refractivity contribution is 0.0954. The number of hydrazone groups is 1. The number of hydrogen-bond acceptors (Lipinski definition) is 2. The van der Waals surface area contributed by atoms with Gasteiger partial charge in [0.25, 0.3) is 5.91 Å². The molecule has 0 spiro atoms. The van der Waals surface area contributed by atoms with Gasteiger partial charge in [-0.2, -0.15) is 5.10 Å². The van der Waals surface area contributed by atoms with Crippen molar-refractivity contribution in [2.45, 2.75) is 33.6 Å². The standard InChI is InChI=1S/C18H22N2O/c1-12(2)16-10-7-14(4)17(11-16)19-20-18(21)15-8-5-13(3)6-9-15/h5-9,16H,1,10-11H2,2-4H3,(H,20,21)/b19-17+. The number of hydrogen-bond donors (Lipinski definition) is 1. The lowest BCUT2D eigenvalue weighted by atomic mass is 9.85. The molecule has 1 amide bonds. The van der Waals surface area contributed by atoms with Gasteiger partial charge in [-0.1, -0.05) is 35.9 Å². The zero-order valence-corrected chi connectivity index (χ0v) is 12.9. The average Bonchev–Trinajstić information content (AvgIpc) is 2.46. The summed E-state index contributed by atoms with van der Waals surface area (Å²) in [6.07, 6.45) is 4.01. The van der Waals surface area contributed by atoms with Crippen molar-refractivity contribution >= 4 is 11.6 Å². The maximum atomic E-state index is 12.1. The van der Waals surface area contributed by atoms with Crippen molar-refractivity contribution in [2.75, 3.05) is 0 Å². The molecule has 110 valence electrons. The molecule has 1 aromatic carbocycles. The van der Waals surface area contributed by atoms with Crippen molar-refractivity contribution in [1.82, 2.24) is 5.43 Å². The minimum Gasteiger partial charge on any atom is -0.267 e. The first kappa shape index (κ1) is 15.2. The van der Waals surface area contributed by atoms with Crippen LogP contribution in [0.1, 0.15) is 42.6 Å². The summed E-state index contributed by atoms with van der Waals surface area (Å²) in [7, 11) is 0. The molecule has 21 heavy (non-hydrogen) atoms. The minimum atomic E-state index is -0.173. The number of amides is 1. The highest BCUT2D eigenvalue weighted by molar-refractivity contribution is 6.02. The van der Waals surface area contributed by atoms with E-state index < -0.39 is 0 Å². The molecular weight excluding hydrogens is 260 g/mol. The molecular formula is C18H22N2O. The monoisotopic (exact) mass is 282 g/mol. The second kappa shape index (κ2) is 6.53. The lowest BCUT2D eigenvalue weighted by Crippen LogP contribution is -2.23. The first-order chi connectivity index (χ1) is 9.97. The van der Waals surface area contributed by atoms with Crippen molar-refractivity contribution in [3.8, 4) is 0 Å². The predicted molar refractivity (Wildman–Crippen MR) is 87.4 cm³/mol. The van der Waals surface area contributed by atoms with Crippen LogP contribution in [0.2, 0.25) is 0 Å². The Kier molecular flexibility index (Phi) is 4.73. The molecule has 0 radical (unpaired) electrons. The van der Waals surface area contributed by atoms with Crippen molar-refractivity contribution in [1.29, 1.82) is 0 Å². The van der Waals surface area contributed by atoms with Gasteiger partial charge in [0.15, 0.2) is 0 Å². The van der Waals surface area contributed by atoms with Crippen LogP contribution >= 0.6 is 0 Å². The molecule has 0 aromatic heterocycles. The fourth-order valence-electron chi connectivity index (χ4n) is 2.31. The summed E-state index contributed by atoms with van der Waals surface area (Å²) in [5.74, 6) is 0.247. The van der Waals surface area contributed by atoms with E-state index in [1.54, 1.807) is 0 Å². The molecule has 1 unspecified atom stereocenters. The van der Waals surface area contributed by atoms with Gasteiger partial charge in [0.05, 0.1) is 5.71 Å². The van der Waals surface area contributed by atoms with Gasteiger partial charge in [-0.05, 0) is 57.2 Å². The summed E-state index contributed by atoms with van der Waals surface area (Å²) in [4.78, 5) is 12.1. The van der Waals surface area contributed by atoms with E-state index in [0.29, 0.717) is 11.5 Å². The van der Waals surface area contributed by atoms with E-state index in [4.69, 9.17) is 0 Å². The van der Waals surface area contributed by atoms with Gasteiger partial charge in [-0.25, -0.2) is 5.43 Å². The molecule has 0 bridgehead atoms. The van der Waals surface area contributed by atoms with Crippen LogP contribution in [0.15, 0.2) is 53.2 Å². The molecule has 1 aromatic rings. The van der Waals surface area contributed by atoms with E-state index in [9.17, 15) is 4.79 Å². The summed E-state index contributed by atoms with van der Waals surface area (Å²) in [6, 6.07) is 7.46. The smallest absolute Gasteiger partial charge is 0.267 e.